The Bertz CT molecular complexity index is 660. The number of unbranched alkanes of at least 4 members (excludes halogenated alkanes) is 9. The molecule has 3 nitrogen and oxygen atoms in total. The standard InChI is InChI=1S/C22H32ClNO2/c1-26-21-16-15-20(23)19-14-13-18(24-22(19)21)12-10-8-6-4-2-3-5-7-9-11-17-25/h13-16,25H,2-12,17H2,1H3. The molecule has 1 N–H and O–H groups in total. The van der Waals surface area contributed by atoms with Crippen LogP contribution in [0.15, 0.2) is 24.3 Å². The van der Waals surface area contributed by atoms with Gasteiger partial charge < -0.3 is 9.84 Å². The van der Waals surface area contributed by atoms with Gasteiger partial charge in [0.15, 0.2) is 0 Å². The van der Waals surface area contributed by atoms with Gasteiger partial charge in [0, 0.05) is 17.7 Å². The molecule has 0 bridgehead atoms. The van der Waals surface area contributed by atoms with Gasteiger partial charge in [-0.3, -0.25) is 0 Å². The highest BCUT2D eigenvalue weighted by molar-refractivity contribution is 6.35. The predicted molar refractivity (Wildman–Crippen MR) is 110 cm³/mol. The molecule has 144 valence electrons. The maximum absolute atomic E-state index is 8.75. The van der Waals surface area contributed by atoms with Crippen LogP contribution >= 0.6 is 11.6 Å². The summed E-state index contributed by atoms with van der Waals surface area (Å²) in [5, 5.41) is 10.4. The summed E-state index contributed by atoms with van der Waals surface area (Å²) in [6, 6.07) is 7.88. The molecule has 1 heterocycles. The zero-order chi connectivity index (χ0) is 18.6. The third-order valence-electron chi connectivity index (χ3n) is 4.89. The van der Waals surface area contributed by atoms with Gasteiger partial charge >= 0.3 is 0 Å². The van der Waals surface area contributed by atoms with Crippen LogP contribution in [0.2, 0.25) is 5.02 Å². The van der Waals surface area contributed by atoms with Gasteiger partial charge in [-0.2, -0.15) is 0 Å². The number of aromatic nitrogens is 1. The van der Waals surface area contributed by atoms with Gasteiger partial charge in [0.25, 0.3) is 0 Å². The molecule has 2 rings (SSSR count). The molecule has 0 amide bonds. The lowest BCUT2D eigenvalue weighted by Crippen LogP contribution is -1.94. The van der Waals surface area contributed by atoms with Gasteiger partial charge in [-0.05, 0) is 43.5 Å². The summed E-state index contributed by atoms with van der Waals surface area (Å²) in [5.41, 5.74) is 1.97. The first-order chi connectivity index (χ1) is 12.8. The largest absolute Gasteiger partial charge is 0.494 e. The fourth-order valence-electron chi connectivity index (χ4n) is 3.33. The van der Waals surface area contributed by atoms with Crippen LogP contribution in [0.1, 0.15) is 69.9 Å². The lowest BCUT2D eigenvalue weighted by Gasteiger charge is -2.08. The molecule has 1 aromatic heterocycles. The molecule has 0 aliphatic carbocycles. The molecule has 0 atom stereocenters. The normalized spacial score (nSPS) is 11.2. The number of methoxy groups -OCH3 is 1. The number of aliphatic hydroxyl groups is 1. The number of aryl methyl sites for hydroxylation is 1. The van der Waals surface area contributed by atoms with E-state index in [9.17, 15) is 0 Å². The summed E-state index contributed by atoms with van der Waals surface area (Å²) in [5.74, 6) is 0.783. The van der Waals surface area contributed by atoms with Gasteiger partial charge in [0.1, 0.15) is 11.3 Å². The fraction of sp³-hybridized carbons (Fsp3) is 0.591. The molecular weight excluding hydrogens is 346 g/mol. The summed E-state index contributed by atoms with van der Waals surface area (Å²) in [7, 11) is 1.67. The number of aliphatic hydroxyl groups excluding tert-OH is 1. The van der Waals surface area contributed by atoms with Crippen molar-refractivity contribution >= 4 is 22.5 Å². The minimum Gasteiger partial charge on any atom is -0.494 e. The molecule has 26 heavy (non-hydrogen) atoms. The first-order valence-corrected chi connectivity index (χ1v) is 10.4. The van der Waals surface area contributed by atoms with Crippen molar-refractivity contribution in [3.63, 3.8) is 0 Å². The van der Waals surface area contributed by atoms with Crippen molar-refractivity contribution in [3.8, 4) is 5.75 Å². The number of ether oxygens (including phenoxy) is 1. The third-order valence-corrected chi connectivity index (χ3v) is 5.22. The highest BCUT2D eigenvalue weighted by atomic mass is 35.5. The maximum atomic E-state index is 8.75. The molecule has 0 spiro atoms. The minimum atomic E-state index is 0.339. The highest BCUT2D eigenvalue weighted by Gasteiger charge is 2.08. The highest BCUT2D eigenvalue weighted by Crippen LogP contribution is 2.30. The van der Waals surface area contributed by atoms with Crippen LogP contribution in [0.5, 0.6) is 5.75 Å². The Balaban J connectivity index is 1.65. The number of nitrogens with zero attached hydrogens (tertiary/aromatic N) is 1. The molecule has 0 saturated carbocycles. The zero-order valence-corrected chi connectivity index (χ0v) is 16.7. The van der Waals surface area contributed by atoms with Crippen LogP contribution in [-0.2, 0) is 6.42 Å². The topological polar surface area (TPSA) is 42.4 Å². The van der Waals surface area contributed by atoms with E-state index in [1.54, 1.807) is 7.11 Å². The van der Waals surface area contributed by atoms with Crippen molar-refractivity contribution in [2.45, 2.75) is 70.6 Å². The summed E-state index contributed by atoms with van der Waals surface area (Å²) in [6.45, 7) is 0.339. The number of fused-ring (bicyclic) bond motifs is 1. The Morgan fingerprint density at radius 2 is 1.46 bits per heavy atom. The Labute approximate surface area is 162 Å². The van der Waals surface area contributed by atoms with E-state index < -0.39 is 0 Å². The van der Waals surface area contributed by atoms with E-state index in [0.717, 1.165) is 40.2 Å². The van der Waals surface area contributed by atoms with Crippen molar-refractivity contribution in [3.05, 3.63) is 35.0 Å². The maximum Gasteiger partial charge on any atom is 0.145 e. The smallest absolute Gasteiger partial charge is 0.145 e. The molecular formula is C22H32ClNO2. The molecule has 2 aromatic rings. The first kappa shape index (κ1) is 21.0. The van der Waals surface area contributed by atoms with E-state index in [2.05, 4.69) is 12.1 Å². The van der Waals surface area contributed by atoms with Crippen molar-refractivity contribution < 1.29 is 9.84 Å². The van der Waals surface area contributed by atoms with E-state index >= 15 is 0 Å². The number of hydrogen-bond acceptors (Lipinski definition) is 3. The average molecular weight is 378 g/mol. The molecule has 0 radical (unpaired) electrons. The number of benzene rings is 1. The van der Waals surface area contributed by atoms with Gasteiger partial charge in [-0.1, -0.05) is 63.0 Å². The number of rotatable bonds is 13. The number of halogens is 1. The fourth-order valence-corrected chi connectivity index (χ4v) is 3.55. The summed E-state index contributed by atoms with van der Waals surface area (Å²) in [4.78, 5) is 4.76. The van der Waals surface area contributed by atoms with Gasteiger partial charge in [0.2, 0.25) is 0 Å². The second kappa shape index (κ2) is 12.1. The van der Waals surface area contributed by atoms with E-state index in [4.69, 9.17) is 26.4 Å². The molecule has 0 fully saturated rings. The van der Waals surface area contributed by atoms with Gasteiger partial charge in [-0.15, -0.1) is 0 Å². The van der Waals surface area contributed by atoms with Crippen LogP contribution in [0.25, 0.3) is 10.9 Å². The summed E-state index contributed by atoms with van der Waals surface area (Å²) < 4.78 is 5.42. The molecule has 0 saturated heterocycles. The number of hydrogen-bond donors (Lipinski definition) is 1. The lowest BCUT2D eigenvalue weighted by molar-refractivity contribution is 0.282. The van der Waals surface area contributed by atoms with Crippen molar-refractivity contribution in [2.24, 2.45) is 0 Å². The van der Waals surface area contributed by atoms with E-state index in [1.807, 2.05) is 12.1 Å². The Kier molecular flexibility index (Phi) is 9.80. The Morgan fingerprint density at radius 1 is 0.846 bits per heavy atom. The monoisotopic (exact) mass is 377 g/mol. The van der Waals surface area contributed by atoms with E-state index in [0.29, 0.717) is 6.61 Å². The molecule has 0 unspecified atom stereocenters. The van der Waals surface area contributed by atoms with Crippen LogP contribution in [0, 0.1) is 0 Å². The molecule has 0 aliphatic rings. The molecule has 1 aromatic carbocycles. The van der Waals surface area contributed by atoms with Crippen LogP contribution in [-0.4, -0.2) is 23.8 Å². The molecule has 4 heteroatoms. The van der Waals surface area contributed by atoms with Crippen LogP contribution < -0.4 is 4.74 Å². The van der Waals surface area contributed by atoms with Gasteiger partial charge in [0.05, 0.1) is 12.1 Å². The Hall–Kier alpha value is -1.32. The number of pyridine rings is 1. The first-order valence-electron chi connectivity index (χ1n) is 9.99. The summed E-state index contributed by atoms with van der Waals surface area (Å²) in [6.07, 6.45) is 13.5. The van der Waals surface area contributed by atoms with Crippen molar-refractivity contribution in [1.82, 2.24) is 4.98 Å². The average Bonchev–Trinajstić information content (AvgIpc) is 2.66. The summed E-state index contributed by atoms with van der Waals surface area (Å²) >= 11 is 6.25. The predicted octanol–water partition coefficient (Wildman–Crippen LogP) is 6.33. The second-order valence-corrected chi connectivity index (χ2v) is 7.36. The van der Waals surface area contributed by atoms with Crippen molar-refractivity contribution in [1.29, 1.82) is 0 Å². The van der Waals surface area contributed by atoms with Crippen molar-refractivity contribution in [2.75, 3.05) is 13.7 Å². The Morgan fingerprint density at radius 3 is 2.08 bits per heavy atom. The van der Waals surface area contributed by atoms with Crippen LogP contribution in [0.3, 0.4) is 0 Å². The van der Waals surface area contributed by atoms with Gasteiger partial charge in [-0.25, -0.2) is 4.98 Å². The molecule has 0 aliphatic heterocycles. The quantitative estimate of drug-likeness (QED) is 0.414. The second-order valence-electron chi connectivity index (χ2n) is 6.96. The van der Waals surface area contributed by atoms with Crippen LogP contribution in [0.4, 0.5) is 0 Å². The van der Waals surface area contributed by atoms with E-state index in [-0.39, 0.29) is 0 Å². The zero-order valence-electron chi connectivity index (χ0n) is 16.0. The minimum absolute atomic E-state index is 0.339. The van der Waals surface area contributed by atoms with E-state index in [1.165, 1.54) is 57.8 Å². The third kappa shape index (κ3) is 6.77. The lowest BCUT2D eigenvalue weighted by atomic mass is 10.0. The SMILES string of the molecule is COc1ccc(Cl)c2ccc(CCCCCCCCCCCCO)nc12.